The van der Waals surface area contributed by atoms with Crippen LogP contribution in [-0.2, 0) is 0 Å². The van der Waals surface area contributed by atoms with Crippen molar-refractivity contribution in [1.29, 1.82) is 5.26 Å². The van der Waals surface area contributed by atoms with E-state index < -0.39 is 0 Å². The maximum Gasteiger partial charge on any atom is 0.0992 e. The predicted octanol–water partition coefficient (Wildman–Crippen LogP) is 3.45. The molecule has 19 heavy (non-hydrogen) atoms. The van der Waals surface area contributed by atoms with Gasteiger partial charge in [-0.15, -0.1) is 0 Å². The van der Waals surface area contributed by atoms with E-state index in [1.54, 1.807) is 0 Å². The highest BCUT2D eigenvalue weighted by Crippen LogP contribution is 2.29. The van der Waals surface area contributed by atoms with Crippen molar-refractivity contribution in [3.8, 4) is 6.07 Å². The lowest BCUT2D eigenvalue weighted by Crippen LogP contribution is -2.38. The molecule has 0 spiro atoms. The van der Waals surface area contributed by atoms with Crippen LogP contribution in [0.25, 0.3) is 0 Å². The molecule has 0 aliphatic heterocycles. The van der Waals surface area contributed by atoms with Gasteiger partial charge in [0.2, 0.25) is 0 Å². The van der Waals surface area contributed by atoms with Gasteiger partial charge in [0.05, 0.1) is 18.2 Å². The molecule has 1 N–H and O–H groups in total. The van der Waals surface area contributed by atoms with Crippen LogP contribution in [0.1, 0.15) is 37.7 Å². The third-order valence-electron chi connectivity index (χ3n) is 3.70. The molecule has 1 fully saturated rings. The molecule has 102 valence electrons. The fourth-order valence-corrected chi connectivity index (χ4v) is 3.31. The molecule has 4 heteroatoms. The normalized spacial score (nSPS) is 16.1. The Morgan fingerprint density at radius 2 is 2.00 bits per heavy atom. The molecule has 1 aliphatic rings. The van der Waals surface area contributed by atoms with Crippen molar-refractivity contribution in [2.24, 2.45) is 0 Å². The second kappa shape index (κ2) is 6.93. The number of rotatable bonds is 4. The van der Waals surface area contributed by atoms with E-state index in [4.69, 9.17) is 5.26 Å². The molecule has 2 rings (SSSR count). The first-order valence-electron chi connectivity index (χ1n) is 6.83. The van der Waals surface area contributed by atoms with Crippen LogP contribution in [0.15, 0.2) is 22.7 Å². The number of hydrogen-bond donors (Lipinski definition) is 1. The molecule has 0 aromatic heterocycles. The summed E-state index contributed by atoms with van der Waals surface area (Å²) in [6.07, 6.45) is 6.17. The minimum Gasteiger partial charge on any atom is -0.395 e. The number of hydrogen-bond acceptors (Lipinski definition) is 3. The summed E-state index contributed by atoms with van der Waals surface area (Å²) < 4.78 is 0.917. The fourth-order valence-electron chi connectivity index (χ4n) is 2.83. The van der Waals surface area contributed by atoms with E-state index in [9.17, 15) is 5.11 Å². The van der Waals surface area contributed by atoms with Gasteiger partial charge in [0, 0.05) is 22.7 Å². The molecule has 0 unspecified atom stereocenters. The Morgan fingerprint density at radius 1 is 1.26 bits per heavy atom. The molecule has 0 bridgehead atoms. The lowest BCUT2D eigenvalue weighted by atomic mass is 9.93. The Balaban J connectivity index is 2.27. The molecule has 0 radical (unpaired) electrons. The molecule has 1 aliphatic carbocycles. The zero-order valence-electron chi connectivity index (χ0n) is 11.0. The summed E-state index contributed by atoms with van der Waals surface area (Å²) in [6.45, 7) is 0.775. The van der Waals surface area contributed by atoms with E-state index in [1.165, 1.54) is 32.1 Å². The first kappa shape index (κ1) is 14.4. The van der Waals surface area contributed by atoms with Gasteiger partial charge in [-0.05, 0) is 31.0 Å². The fraction of sp³-hybridized carbons (Fsp3) is 0.533. The standard InChI is InChI=1S/C15H19BrN2O/c16-13-8-12(11-17)9-15(10-13)18(6-7-19)14-4-2-1-3-5-14/h8-10,14,19H,1-7H2. The van der Waals surface area contributed by atoms with E-state index in [0.717, 1.165) is 10.2 Å². The van der Waals surface area contributed by atoms with Crippen LogP contribution in [0.3, 0.4) is 0 Å². The summed E-state index contributed by atoms with van der Waals surface area (Å²) in [5.74, 6) is 0. The maximum absolute atomic E-state index is 9.31. The van der Waals surface area contributed by atoms with Gasteiger partial charge in [-0.3, -0.25) is 0 Å². The summed E-state index contributed by atoms with van der Waals surface area (Å²) in [5, 5.41) is 18.4. The smallest absolute Gasteiger partial charge is 0.0992 e. The molecule has 0 heterocycles. The molecular formula is C15H19BrN2O. The van der Waals surface area contributed by atoms with Gasteiger partial charge < -0.3 is 10.0 Å². The van der Waals surface area contributed by atoms with Gasteiger partial charge in [-0.25, -0.2) is 0 Å². The number of nitrogens with zero attached hydrogens (tertiary/aromatic N) is 2. The summed E-state index contributed by atoms with van der Waals surface area (Å²) in [7, 11) is 0. The molecule has 0 atom stereocenters. The second-order valence-corrected chi connectivity index (χ2v) is 5.93. The lowest BCUT2D eigenvalue weighted by molar-refractivity contribution is 0.290. The Kier molecular flexibility index (Phi) is 5.24. The van der Waals surface area contributed by atoms with Gasteiger partial charge in [-0.1, -0.05) is 35.2 Å². The van der Waals surface area contributed by atoms with Gasteiger partial charge in [-0.2, -0.15) is 5.26 Å². The average Bonchev–Trinajstić information content (AvgIpc) is 2.45. The van der Waals surface area contributed by atoms with Crippen LogP contribution < -0.4 is 4.90 Å². The van der Waals surface area contributed by atoms with Crippen molar-refractivity contribution in [3.63, 3.8) is 0 Å². The van der Waals surface area contributed by atoms with Crippen LogP contribution in [0.4, 0.5) is 5.69 Å². The lowest BCUT2D eigenvalue weighted by Gasteiger charge is -2.36. The maximum atomic E-state index is 9.31. The Hall–Kier alpha value is -1.05. The van der Waals surface area contributed by atoms with Crippen molar-refractivity contribution in [3.05, 3.63) is 28.2 Å². The van der Waals surface area contributed by atoms with E-state index in [2.05, 4.69) is 26.9 Å². The number of nitriles is 1. The van der Waals surface area contributed by atoms with Gasteiger partial charge in [0.1, 0.15) is 0 Å². The van der Waals surface area contributed by atoms with Crippen LogP contribution in [0.2, 0.25) is 0 Å². The molecule has 1 aromatic carbocycles. The molecular weight excluding hydrogens is 304 g/mol. The average molecular weight is 323 g/mol. The largest absolute Gasteiger partial charge is 0.395 e. The van der Waals surface area contributed by atoms with Crippen LogP contribution >= 0.6 is 15.9 Å². The van der Waals surface area contributed by atoms with E-state index >= 15 is 0 Å². The minimum absolute atomic E-state index is 0.144. The van der Waals surface area contributed by atoms with Crippen LogP contribution in [-0.4, -0.2) is 24.3 Å². The summed E-state index contributed by atoms with van der Waals surface area (Å²) in [4.78, 5) is 2.25. The predicted molar refractivity (Wildman–Crippen MR) is 80.2 cm³/mol. The number of benzene rings is 1. The highest BCUT2D eigenvalue weighted by Gasteiger charge is 2.21. The van der Waals surface area contributed by atoms with E-state index in [0.29, 0.717) is 18.2 Å². The van der Waals surface area contributed by atoms with E-state index in [-0.39, 0.29) is 6.61 Å². The SMILES string of the molecule is N#Cc1cc(Br)cc(N(CCO)C2CCCCC2)c1. The van der Waals surface area contributed by atoms with Crippen molar-refractivity contribution < 1.29 is 5.11 Å². The van der Waals surface area contributed by atoms with Crippen LogP contribution in [0.5, 0.6) is 0 Å². The number of anilines is 1. The summed E-state index contributed by atoms with van der Waals surface area (Å²) in [6, 6.07) is 8.44. The topological polar surface area (TPSA) is 47.3 Å². The zero-order valence-corrected chi connectivity index (χ0v) is 12.6. The molecule has 1 saturated carbocycles. The molecule has 0 amide bonds. The van der Waals surface area contributed by atoms with E-state index in [1.807, 2.05) is 18.2 Å². The molecule has 3 nitrogen and oxygen atoms in total. The third-order valence-corrected chi connectivity index (χ3v) is 4.16. The highest BCUT2D eigenvalue weighted by atomic mass is 79.9. The van der Waals surface area contributed by atoms with Gasteiger partial charge in [0.25, 0.3) is 0 Å². The van der Waals surface area contributed by atoms with Gasteiger partial charge >= 0.3 is 0 Å². The Labute approximate surface area is 123 Å². The minimum atomic E-state index is 0.144. The highest BCUT2D eigenvalue weighted by molar-refractivity contribution is 9.10. The summed E-state index contributed by atoms with van der Waals surface area (Å²) in [5.41, 5.74) is 1.69. The van der Waals surface area contributed by atoms with Crippen molar-refractivity contribution >= 4 is 21.6 Å². The van der Waals surface area contributed by atoms with Crippen molar-refractivity contribution in [2.45, 2.75) is 38.1 Å². The first-order valence-corrected chi connectivity index (χ1v) is 7.62. The monoisotopic (exact) mass is 322 g/mol. The quantitative estimate of drug-likeness (QED) is 0.923. The Bertz CT molecular complexity index is 464. The second-order valence-electron chi connectivity index (χ2n) is 5.02. The summed E-state index contributed by atoms with van der Waals surface area (Å²) >= 11 is 3.46. The Morgan fingerprint density at radius 3 is 2.63 bits per heavy atom. The molecule has 1 aromatic rings. The number of halogens is 1. The third kappa shape index (κ3) is 3.71. The number of aliphatic hydroxyl groups excluding tert-OH is 1. The number of aliphatic hydroxyl groups is 1. The van der Waals surface area contributed by atoms with Crippen LogP contribution in [0, 0.1) is 11.3 Å². The van der Waals surface area contributed by atoms with Gasteiger partial charge in [0.15, 0.2) is 0 Å². The van der Waals surface area contributed by atoms with Crippen molar-refractivity contribution in [1.82, 2.24) is 0 Å². The molecule has 0 saturated heterocycles. The zero-order chi connectivity index (χ0) is 13.7. The first-order chi connectivity index (χ1) is 9.24. The van der Waals surface area contributed by atoms with Crippen molar-refractivity contribution in [2.75, 3.05) is 18.1 Å².